The molecule has 0 atom stereocenters. The van der Waals surface area contributed by atoms with Gasteiger partial charge in [0.25, 0.3) is 0 Å². The molecule has 0 fully saturated rings. The van der Waals surface area contributed by atoms with Gasteiger partial charge in [-0.05, 0) is 4.32 Å². The van der Waals surface area contributed by atoms with Crippen LogP contribution in [0.5, 0.6) is 0 Å². The second kappa shape index (κ2) is 4.82. The van der Waals surface area contributed by atoms with Gasteiger partial charge >= 0.3 is 0 Å². The molecule has 5 heavy (non-hydrogen) atoms. The summed E-state index contributed by atoms with van der Waals surface area (Å²) in [5.41, 5.74) is 6.18. The molecular weight excluding hydrogens is 141 g/mol. The molecule has 0 aliphatic heterocycles. The Morgan fingerprint density at radius 1 is 1.80 bits per heavy atom. The number of hydrogen-bond donors (Lipinski definition) is 1. The van der Waals surface area contributed by atoms with Crippen molar-refractivity contribution in [3.05, 3.63) is 5.73 Å². The molecule has 0 spiro atoms. The van der Waals surface area contributed by atoms with Crippen molar-refractivity contribution in [3.8, 4) is 0 Å². The van der Waals surface area contributed by atoms with Gasteiger partial charge in [0.15, 0.2) is 0 Å². The molecule has 0 aromatic rings. The fourth-order valence-corrected chi connectivity index (χ4v) is 0. The van der Waals surface area contributed by atoms with E-state index in [9.17, 15) is 0 Å². The molecule has 0 unspecified atom stereocenters. The van der Waals surface area contributed by atoms with E-state index in [4.69, 9.17) is 5.73 Å². The first-order chi connectivity index (χ1) is 1.73. The number of thiocarbonyl (C=S) groups is 1. The van der Waals surface area contributed by atoms with Gasteiger partial charge in [0.05, 0.1) is 0 Å². The van der Waals surface area contributed by atoms with Crippen molar-refractivity contribution in [2.24, 2.45) is 0 Å². The second-order valence-electron chi connectivity index (χ2n) is 0.305. The van der Waals surface area contributed by atoms with Crippen LogP contribution in [0.3, 0.4) is 0 Å². The summed E-state index contributed by atoms with van der Waals surface area (Å²) in [4.78, 5) is 0. The zero-order chi connectivity index (χ0) is 3.58. The van der Waals surface area contributed by atoms with Gasteiger partial charge in [0.2, 0.25) is 0 Å². The van der Waals surface area contributed by atoms with E-state index in [1.807, 2.05) is 0 Å². The third-order valence-electron chi connectivity index (χ3n) is 0. The fourth-order valence-electron chi connectivity index (χ4n) is 0. The van der Waals surface area contributed by atoms with Gasteiger partial charge in [-0.25, -0.2) is 0 Å². The van der Waals surface area contributed by atoms with Crippen molar-refractivity contribution < 1.29 is 18.6 Å². The number of rotatable bonds is 0. The molecule has 0 rings (SSSR count). The molecule has 0 aromatic heterocycles. The van der Waals surface area contributed by atoms with Gasteiger partial charge in [0.1, 0.15) is 0 Å². The molecule has 4 heteroatoms. The molecule has 29 valence electrons. The molecule has 0 saturated heterocycles. The van der Waals surface area contributed by atoms with Crippen LogP contribution < -0.4 is 0 Å². The third kappa shape index (κ3) is 56.6. The maximum absolute atomic E-state index is 6.18. The van der Waals surface area contributed by atoms with Crippen LogP contribution in [0, 0.1) is 0 Å². The Balaban J connectivity index is 0. The molecular formula is CH2NS2V-. The molecule has 0 aliphatic carbocycles. The first kappa shape index (κ1) is 9.27. The minimum Gasteiger partial charge on any atom is -0.684 e. The standard InChI is InChI=1S/CH3NS2.V/c2-1(3)4;/h(H3,2,3,4);/p-1. The van der Waals surface area contributed by atoms with Crippen LogP contribution in [-0.4, -0.2) is 4.32 Å². The molecule has 0 heterocycles. The van der Waals surface area contributed by atoms with Gasteiger partial charge in [-0.2, -0.15) is 12.6 Å². The van der Waals surface area contributed by atoms with E-state index in [1.54, 1.807) is 0 Å². The molecule has 0 aromatic carbocycles. The van der Waals surface area contributed by atoms with Crippen molar-refractivity contribution in [2.45, 2.75) is 0 Å². The van der Waals surface area contributed by atoms with Crippen molar-refractivity contribution >= 4 is 29.2 Å². The average Bonchev–Trinajstić information content (AvgIpc) is 0.811. The molecule has 0 aliphatic rings. The summed E-state index contributed by atoms with van der Waals surface area (Å²) in [5.74, 6) is 0. The maximum Gasteiger partial charge on any atom is 0 e. The normalized spacial score (nSPS) is 5.00. The quantitative estimate of drug-likeness (QED) is 0.400. The maximum atomic E-state index is 6.18. The Hall–Kier alpha value is 0.824. The van der Waals surface area contributed by atoms with Crippen molar-refractivity contribution in [1.29, 1.82) is 0 Å². The second-order valence-corrected chi connectivity index (χ2v) is 1.46. The minimum atomic E-state index is -0.0556. The Bertz CT molecular complexity index is 32.6. The van der Waals surface area contributed by atoms with Crippen LogP contribution in [0.2, 0.25) is 0 Å². The van der Waals surface area contributed by atoms with Crippen LogP contribution in [0.25, 0.3) is 5.73 Å². The van der Waals surface area contributed by atoms with E-state index < -0.39 is 0 Å². The Morgan fingerprint density at radius 3 is 1.80 bits per heavy atom. The van der Waals surface area contributed by atoms with E-state index in [0.717, 1.165) is 0 Å². The number of thiol groups is 1. The number of nitrogens with one attached hydrogen (secondary N) is 1. The summed E-state index contributed by atoms with van der Waals surface area (Å²) < 4.78 is -0.0556. The summed E-state index contributed by atoms with van der Waals surface area (Å²) in [5, 5.41) is 0. The molecule has 1 radical (unpaired) electrons. The summed E-state index contributed by atoms with van der Waals surface area (Å²) in [7, 11) is 0. The molecule has 0 bridgehead atoms. The summed E-state index contributed by atoms with van der Waals surface area (Å²) in [6, 6.07) is 0. The van der Waals surface area contributed by atoms with E-state index in [0.29, 0.717) is 0 Å². The minimum absolute atomic E-state index is 0. The topological polar surface area (TPSA) is 23.8 Å². The predicted octanol–water partition coefficient (Wildman–Crippen LogP) is 1.25. The summed E-state index contributed by atoms with van der Waals surface area (Å²) >= 11 is 7.43. The summed E-state index contributed by atoms with van der Waals surface area (Å²) in [6.45, 7) is 0. The van der Waals surface area contributed by atoms with Gasteiger partial charge in [-0.3, -0.25) is 0 Å². The van der Waals surface area contributed by atoms with Crippen LogP contribution >= 0.6 is 24.8 Å². The van der Waals surface area contributed by atoms with E-state index >= 15 is 0 Å². The summed E-state index contributed by atoms with van der Waals surface area (Å²) in [6.07, 6.45) is 0. The van der Waals surface area contributed by atoms with Crippen molar-refractivity contribution in [2.75, 3.05) is 0 Å². The Kier molecular flexibility index (Phi) is 8.94. The first-order valence-corrected chi connectivity index (χ1v) is 1.53. The Labute approximate surface area is 53.6 Å². The smallest absolute Gasteiger partial charge is 0 e. The van der Waals surface area contributed by atoms with Crippen LogP contribution in [-0.2, 0) is 18.6 Å². The average molecular weight is 143 g/mol. The van der Waals surface area contributed by atoms with Gasteiger partial charge in [-0.1, -0.05) is 12.2 Å². The largest absolute Gasteiger partial charge is 0.684 e. The van der Waals surface area contributed by atoms with E-state index in [2.05, 4.69) is 24.8 Å². The predicted molar refractivity (Wildman–Crippen MR) is 25.9 cm³/mol. The van der Waals surface area contributed by atoms with Crippen molar-refractivity contribution in [1.82, 2.24) is 0 Å². The zero-order valence-electron chi connectivity index (χ0n) is 2.30. The van der Waals surface area contributed by atoms with Crippen LogP contribution in [0.1, 0.15) is 0 Å². The fraction of sp³-hybridized carbons (Fsp3) is 0. The van der Waals surface area contributed by atoms with E-state index in [-0.39, 0.29) is 22.9 Å². The van der Waals surface area contributed by atoms with E-state index in [1.165, 1.54) is 0 Å². The monoisotopic (exact) mass is 143 g/mol. The molecule has 1 N–H and O–H groups in total. The Morgan fingerprint density at radius 2 is 1.80 bits per heavy atom. The molecule has 1 nitrogen and oxygen atoms in total. The first-order valence-electron chi connectivity index (χ1n) is 0.678. The van der Waals surface area contributed by atoms with Crippen LogP contribution in [0.4, 0.5) is 0 Å². The third-order valence-corrected chi connectivity index (χ3v) is 0. The van der Waals surface area contributed by atoms with Gasteiger partial charge in [0, 0.05) is 18.6 Å². The number of hydrogen-bond acceptors (Lipinski definition) is 1. The zero-order valence-corrected chi connectivity index (χ0v) is 5.41. The van der Waals surface area contributed by atoms with Gasteiger partial charge < -0.3 is 5.73 Å². The van der Waals surface area contributed by atoms with Crippen molar-refractivity contribution in [3.63, 3.8) is 0 Å². The molecule has 0 amide bonds. The molecule has 0 saturated carbocycles. The van der Waals surface area contributed by atoms with Crippen LogP contribution in [0.15, 0.2) is 0 Å². The SMILES string of the molecule is [NH-]C(=S)S.[V]. The van der Waals surface area contributed by atoms with Gasteiger partial charge in [-0.15, -0.1) is 0 Å².